The van der Waals surface area contributed by atoms with E-state index in [-0.39, 0.29) is 12.6 Å². The lowest BCUT2D eigenvalue weighted by molar-refractivity contribution is -0.141. The topological polar surface area (TPSA) is 69.6 Å². The molecule has 1 aliphatic rings. The molecular formula is C15H28N2O3. The number of carbonyl (C=O) groups is 2. The fourth-order valence-corrected chi connectivity index (χ4v) is 2.85. The average molecular weight is 284 g/mol. The van der Waals surface area contributed by atoms with Crippen LogP contribution in [0.1, 0.15) is 46.5 Å². The molecule has 5 heteroatoms. The number of carbonyl (C=O) groups excluding carboxylic acids is 1. The van der Waals surface area contributed by atoms with E-state index in [9.17, 15) is 9.59 Å². The van der Waals surface area contributed by atoms with E-state index in [0.717, 1.165) is 5.92 Å². The molecule has 2 N–H and O–H groups in total. The number of amides is 2. The second-order valence-corrected chi connectivity index (χ2v) is 6.10. The van der Waals surface area contributed by atoms with Gasteiger partial charge in [-0.3, -0.25) is 4.79 Å². The maximum Gasteiger partial charge on any atom is 0.317 e. The number of hydrogen-bond acceptors (Lipinski definition) is 2. The van der Waals surface area contributed by atoms with Crippen molar-refractivity contribution in [3.63, 3.8) is 0 Å². The van der Waals surface area contributed by atoms with Crippen LogP contribution in [0.5, 0.6) is 0 Å². The molecule has 2 amide bonds. The highest BCUT2D eigenvalue weighted by atomic mass is 16.4. The van der Waals surface area contributed by atoms with Gasteiger partial charge in [0, 0.05) is 19.6 Å². The SMILES string of the molecule is CCN(CC(C)C(=O)O)C(=O)NCC1CCCC(C)C1. The Kier molecular flexibility index (Phi) is 6.82. The van der Waals surface area contributed by atoms with Gasteiger partial charge < -0.3 is 15.3 Å². The predicted octanol–water partition coefficient (Wildman–Crippen LogP) is 2.56. The van der Waals surface area contributed by atoms with Crippen LogP contribution < -0.4 is 5.32 Å². The number of carboxylic acids is 1. The molecule has 1 fully saturated rings. The third-order valence-electron chi connectivity index (χ3n) is 4.17. The summed E-state index contributed by atoms with van der Waals surface area (Å²) in [7, 11) is 0. The molecule has 0 heterocycles. The Hall–Kier alpha value is -1.26. The summed E-state index contributed by atoms with van der Waals surface area (Å²) in [6.45, 7) is 7.27. The second kappa shape index (κ2) is 8.12. The summed E-state index contributed by atoms with van der Waals surface area (Å²) in [6.07, 6.45) is 4.90. The zero-order chi connectivity index (χ0) is 15.1. The van der Waals surface area contributed by atoms with E-state index in [1.165, 1.54) is 25.7 Å². The minimum atomic E-state index is -0.864. The molecule has 3 unspecified atom stereocenters. The Balaban J connectivity index is 2.37. The van der Waals surface area contributed by atoms with Crippen LogP contribution in [0.2, 0.25) is 0 Å². The molecule has 5 nitrogen and oxygen atoms in total. The fourth-order valence-electron chi connectivity index (χ4n) is 2.85. The van der Waals surface area contributed by atoms with Crippen LogP contribution in [-0.4, -0.2) is 41.6 Å². The highest BCUT2D eigenvalue weighted by molar-refractivity contribution is 5.75. The molecule has 0 radical (unpaired) electrons. The molecule has 0 spiro atoms. The van der Waals surface area contributed by atoms with Crippen LogP contribution in [0.25, 0.3) is 0 Å². The van der Waals surface area contributed by atoms with Crippen molar-refractivity contribution in [3.8, 4) is 0 Å². The van der Waals surface area contributed by atoms with Gasteiger partial charge in [0.2, 0.25) is 0 Å². The lowest BCUT2D eigenvalue weighted by atomic mass is 9.82. The van der Waals surface area contributed by atoms with Crippen molar-refractivity contribution in [2.24, 2.45) is 17.8 Å². The average Bonchev–Trinajstić information content (AvgIpc) is 2.41. The van der Waals surface area contributed by atoms with E-state index in [1.54, 1.807) is 11.8 Å². The molecule has 0 aliphatic heterocycles. The summed E-state index contributed by atoms with van der Waals surface area (Å²) in [5.41, 5.74) is 0. The maximum absolute atomic E-state index is 12.1. The van der Waals surface area contributed by atoms with Crippen molar-refractivity contribution in [3.05, 3.63) is 0 Å². The lowest BCUT2D eigenvalue weighted by Crippen LogP contribution is -2.44. The first-order valence-electron chi connectivity index (χ1n) is 7.69. The summed E-state index contributed by atoms with van der Waals surface area (Å²) in [5.74, 6) is -0.0778. The van der Waals surface area contributed by atoms with Gasteiger partial charge in [-0.2, -0.15) is 0 Å². The van der Waals surface area contributed by atoms with Crippen molar-refractivity contribution in [1.82, 2.24) is 10.2 Å². The Labute approximate surface area is 121 Å². The number of hydrogen-bond donors (Lipinski definition) is 2. The quantitative estimate of drug-likeness (QED) is 0.787. The van der Waals surface area contributed by atoms with E-state index in [1.807, 2.05) is 6.92 Å². The molecule has 116 valence electrons. The Morgan fingerprint density at radius 3 is 2.65 bits per heavy atom. The van der Waals surface area contributed by atoms with E-state index in [4.69, 9.17) is 5.11 Å². The number of rotatable bonds is 6. The number of carboxylic acid groups (broad SMARTS) is 1. The summed E-state index contributed by atoms with van der Waals surface area (Å²) >= 11 is 0. The standard InChI is InChI=1S/C15H28N2O3/c1-4-17(10-12(3)14(18)19)15(20)16-9-13-7-5-6-11(2)8-13/h11-13H,4-10H2,1-3H3,(H,16,20)(H,18,19). The van der Waals surface area contributed by atoms with Gasteiger partial charge in [-0.05, 0) is 31.6 Å². The summed E-state index contributed by atoms with van der Waals surface area (Å²) in [5, 5.41) is 11.9. The van der Waals surface area contributed by atoms with Crippen molar-refractivity contribution in [1.29, 1.82) is 0 Å². The highest BCUT2D eigenvalue weighted by Crippen LogP contribution is 2.27. The van der Waals surface area contributed by atoms with Gasteiger partial charge in [-0.1, -0.05) is 26.7 Å². The zero-order valence-corrected chi connectivity index (χ0v) is 12.9. The molecule has 1 aliphatic carbocycles. The molecule has 0 aromatic carbocycles. The van der Waals surface area contributed by atoms with Crippen LogP contribution in [0.15, 0.2) is 0 Å². The van der Waals surface area contributed by atoms with Gasteiger partial charge in [0.25, 0.3) is 0 Å². The molecule has 0 aromatic rings. The van der Waals surface area contributed by atoms with Gasteiger partial charge in [0.05, 0.1) is 5.92 Å². The summed E-state index contributed by atoms with van der Waals surface area (Å²) in [6, 6.07) is -0.140. The van der Waals surface area contributed by atoms with Gasteiger partial charge in [-0.25, -0.2) is 4.79 Å². The smallest absolute Gasteiger partial charge is 0.317 e. The van der Waals surface area contributed by atoms with E-state index in [0.29, 0.717) is 19.0 Å². The minimum absolute atomic E-state index is 0.140. The fraction of sp³-hybridized carbons (Fsp3) is 0.867. The van der Waals surface area contributed by atoms with Crippen molar-refractivity contribution in [2.45, 2.75) is 46.5 Å². The molecule has 0 saturated heterocycles. The number of urea groups is 1. The zero-order valence-electron chi connectivity index (χ0n) is 12.9. The lowest BCUT2D eigenvalue weighted by Gasteiger charge is -2.28. The van der Waals surface area contributed by atoms with Crippen molar-refractivity contribution < 1.29 is 14.7 Å². The predicted molar refractivity (Wildman–Crippen MR) is 78.6 cm³/mol. The number of nitrogens with one attached hydrogen (secondary N) is 1. The van der Waals surface area contributed by atoms with Crippen LogP contribution in [-0.2, 0) is 4.79 Å². The van der Waals surface area contributed by atoms with Crippen molar-refractivity contribution in [2.75, 3.05) is 19.6 Å². The maximum atomic E-state index is 12.1. The van der Waals surface area contributed by atoms with Crippen LogP contribution in [0.3, 0.4) is 0 Å². The first-order chi connectivity index (χ1) is 9.43. The van der Waals surface area contributed by atoms with Crippen molar-refractivity contribution >= 4 is 12.0 Å². The molecule has 3 atom stereocenters. The van der Waals surface area contributed by atoms with Gasteiger partial charge in [0.1, 0.15) is 0 Å². The monoisotopic (exact) mass is 284 g/mol. The molecule has 20 heavy (non-hydrogen) atoms. The Bertz CT molecular complexity index is 333. The Morgan fingerprint density at radius 2 is 2.10 bits per heavy atom. The van der Waals surface area contributed by atoms with Gasteiger partial charge in [-0.15, -0.1) is 0 Å². The van der Waals surface area contributed by atoms with E-state index < -0.39 is 11.9 Å². The van der Waals surface area contributed by atoms with Crippen LogP contribution in [0.4, 0.5) is 4.79 Å². The number of nitrogens with zero attached hydrogens (tertiary/aromatic N) is 1. The first-order valence-corrected chi connectivity index (χ1v) is 7.69. The third kappa shape index (κ3) is 5.39. The molecule has 0 bridgehead atoms. The molecular weight excluding hydrogens is 256 g/mol. The van der Waals surface area contributed by atoms with Gasteiger partial charge in [0.15, 0.2) is 0 Å². The van der Waals surface area contributed by atoms with Crippen LogP contribution in [0, 0.1) is 17.8 Å². The van der Waals surface area contributed by atoms with Crippen LogP contribution >= 0.6 is 0 Å². The molecule has 1 saturated carbocycles. The molecule has 0 aromatic heterocycles. The van der Waals surface area contributed by atoms with E-state index >= 15 is 0 Å². The molecule has 1 rings (SSSR count). The minimum Gasteiger partial charge on any atom is -0.481 e. The first kappa shape index (κ1) is 16.8. The normalized spacial score (nSPS) is 23.9. The third-order valence-corrected chi connectivity index (χ3v) is 4.17. The second-order valence-electron chi connectivity index (χ2n) is 6.10. The summed E-state index contributed by atoms with van der Waals surface area (Å²) in [4.78, 5) is 24.5. The van der Waals surface area contributed by atoms with E-state index in [2.05, 4.69) is 12.2 Å². The number of aliphatic carboxylic acids is 1. The Morgan fingerprint density at radius 1 is 1.40 bits per heavy atom. The summed E-state index contributed by atoms with van der Waals surface area (Å²) < 4.78 is 0. The van der Waals surface area contributed by atoms with Gasteiger partial charge >= 0.3 is 12.0 Å². The largest absolute Gasteiger partial charge is 0.481 e. The highest BCUT2D eigenvalue weighted by Gasteiger charge is 2.22.